The molecule has 3 nitrogen and oxygen atoms in total. The van der Waals surface area contributed by atoms with E-state index >= 15 is 0 Å². The molecule has 0 atom stereocenters. The molecule has 62 heavy (non-hydrogen) atoms. The molecule has 4 bridgehead atoms. The lowest BCUT2D eigenvalue weighted by molar-refractivity contribution is -0.0399. The van der Waals surface area contributed by atoms with Crippen LogP contribution in [-0.4, -0.2) is 9.13 Å². The molecule has 3 heteroatoms. The van der Waals surface area contributed by atoms with E-state index in [-0.39, 0.29) is 5.41 Å². The zero-order valence-corrected chi connectivity index (χ0v) is 35.0. The standard InChI is InChI=1S/C59H47N3/c1-37-26-29-49-48(30-37)45-28-27-44(36-50(45)59(49)40-32-38-31-39(34-40)35-41(59)33-38)62(55-24-12-22-53-57(55)46-18-8-10-20-51(46)60(53)42-14-4-2-5-15-42)56-25-13-23-54-58(56)47-19-9-11-21-52(47)61(54)43-16-6-3-7-17-43/h2-30,36,38-41H,31-35H2,1H3. The first-order valence-electron chi connectivity index (χ1n) is 22.9. The molecule has 0 radical (unpaired) electrons. The fourth-order valence-corrected chi connectivity index (χ4v) is 13.9. The lowest BCUT2D eigenvalue weighted by Gasteiger charge is -2.61. The van der Waals surface area contributed by atoms with E-state index in [1.165, 1.54) is 121 Å². The van der Waals surface area contributed by atoms with Crippen LogP contribution in [0.15, 0.2) is 182 Å². The summed E-state index contributed by atoms with van der Waals surface area (Å²) in [7, 11) is 0. The predicted molar refractivity (Wildman–Crippen MR) is 258 cm³/mol. The lowest BCUT2D eigenvalue weighted by atomic mass is 9.43. The number of para-hydroxylation sites is 4. The van der Waals surface area contributed by atoms with Crippen LogP contribution in [0.25, 0.3) is 66.1 Å². The van der Waals surface area contributed by atoms with Gasteiger partial charge in [-0.05, 0) is 158 Å². The molecule has 0 amide bonds. The zero-order chi connectivity index (χ0) is 40.7. The number of nitrogens with zero attached hydrogens (tertiary/aromatic N) is 3. The molecule has 1 spiro atoms. The maximum absolute atomic E-state index is 2.68. The molecule has 0 N–H and O–H groups in total. The van der Waals surface area contributed by atoms with E-state index in [4.69, 9.17) is 0 Å². The molecule has 0 saturated heterocycles. The minimum absolute atomic E-state index is 0.0537. The average Bonchev–Trinajstić information content (AvgIpc) is 3.93. The first kappa shape index (κ1) is 34.8. The van der Waals surface area contributed by atoms with Crippen molar-refractivity contribution < 1.29 is 0 Å². The van der Waals surface area contributed by atoms with Crippen LogP contribution in [0, 0.1) is 30.6 Å². The average molecular weight is 798 g/mol. The van der Waals surface area contributed by atoms with Crippen LogP contribution in [0.5, 0.6) is 0 Å². The van der Waals surface area contributed by atoms with Gasteiger partial charge in [-0.25, -0.2) is 0 Å². The number of benzene rings is 8. The summed E-state index contributed by atoms with van der Waals surface area (Å²) in [6.07, 6.45) is 6.91. The van der Waals surface area contributed by atoms with Crippen LogP contribution in [-0.2, 0) is 5.41 Å². The summed E-state index contributed by atoms with van der Waals surface area (Å²) in [5.74, 6) is 3.15. The van der Waals surface area contributed by atoms with Gasteiger partial charge < -0.3 is 14.0 Å². The Morgan fingerprint density at radius 1 is 0.435 bits per heavy atom. The number of aryl methyl sites for hydroxylation is 1. The number of fused-ring (bicyclic) bond motifs is 9. The van der Waals surface area contributed by atoms with Gasteiger partial charge in [-0.1, -0.05) is 115 Å². The number of hydrogen-bond donors (Lipinski definition) is 0. The van der Waals surface area contributed by atoms with E-state index in [0.29, 0.717) is 11.8 Å². The zero-order valence-electron chi connectivity index (χ0n) is 35.0. The van der Waals surface area contributed by atoms with Gasteiger partial charge in [0.15, 0.2) is 0 Å². The van der Waals surface area contributed by atoms with Gasteiger partial charge in [-0.3, -0.25) is 0 Å². The number of hydrogen-bond acceptors (Lipinski definition) is 1. The minimum atomic E-state index is 0.0537. The monoisotopic (exact) mass is 797 g/mol. The highest BCUT2D eigenvalue weighted by Crippen LogP contribution is 2.70. The van der Waals surface area contributed by atoms with Gasteiger partial charge in [-0.15, -0.1) is 0 Å². The topological polar surface area (TPSA) is 13.1 Å². The number of aromatic nitrogens is 2. The third-order valence-electron chi connectivity index (χ3n) is 15.9. The summed E-state index contributed by atoms with van der Waals surface area (Å²) in [5, 5.41) is 5.04. The maximum Gasteiger partial charge on any atom is 0.0562 e. The molecule has 298 valence electrons. The SMILES string of the molecule is Cc1ccc2c(c1)-c1ccc(N(c3cccc4c3c3ccccc3n4-c3ccccc3)c3cccc4c3c3ccccc3n4-c3ccccc3)cc1C21C2CC3CC(C2)CC1C3. The number of anilines is 3. The first-order chi connectivity index (χ1) is 30.6. The van der Waals surface area contributed by atoms with Gasteiger partial charge in [0, 0.05) is 44.0 Å². The normalized spacial score (nSPS) is 22.0. The second-order valence-corrected chi connectivity index (χ2v) is 19.0. The molecule has 15 rings (SSSR count). The van der Waals surface area contributed by atoms with Crippen molar-refractivity contribution in [2.24, 2.45) is 23.7 Å². The van der Waals surface area contributed by atoms with Crippen molar-refractivity contribution in [1.29, 1.82) is 0 Å². The van der Waals surface area contributed by atoms with E-state index < -0.39 is 0 Å². The fourth-order valence-electron chi connectivity index (χ4n) is 13.9. The van der Waals surface area contributed by atoms with Gasteiger partial charge >= 0.3 is 0 Å². The van der Waals surface area contributed by atoms with Crippen LogP contribution in [0.3, 0.4) is 0 Å². The van der Waals surface area contributed by atoms with Crippen molar-refractivity contribution >= 4 is 60.7 Å². The van der Waals surface area contributed by atoms with Crippen LogP contribution in [0.4, 0.5) is 17.1 Å². The van der Waals surface area contributed by atoms with Crippen molar-refractivity contribution in [1.82, 2.24) is 9.13 Å². The first-order valence-corrected chi connectivity index (χ1v) is 22.9. The molecule has 10 aromatic rings. The van der Waals surface area contributed by atoms with Gasteiger partial charge in [0.25, 0.3) is 0 Å². The second-order valence-electron chi connectivity index (χ2n) is 19.0. The van der Waals surface area contributed by atoms with Gasteiger partial charge in [0.05, 0.1) is 33.4 Å². The maximum atomic E-state index is 2.68. The van der Waals surface area contributed by atoms with E-state index in [0.717, 1.165) is 11.8 Å². The molecule has 2 aromatic heterocycles. The van der Waals surface area contributed by atoms with E-state index in [9.17, 15) is 0 Å². The Kier molecular flexibility index (Phi) is 7.22. The van der Waals surface area contributed by atoms with Gasteiger partial charge in [-0.2, -0.15) is 0 Å². The molecular weight excluding hydrogens is 751 g/mol. The summed E-state index contributed by atoms with van der Waals surface area (Å²) in [5.41, 5.74) is 18.3. The Morgan fingerprint density at radius 2 is 0.952 bits per heavy atom. The van der Waals surface area contributed by atoms with Crippen molar-refractivity contribution in [3.63, 3.8) is 0 Å². The van der Waals surface area contributed by atoms with Crippen molar-refractivity contribution in [3.05, 3.63) is 199 Å². The van der Waals surface area contributed by atoms with Gasteiger partial charge in [0.2, 0.25) is 0 Å². The highest BCUT2D eigenvalue weighted by atomic mass is 15.2. The van der Waals surface area contributed by atoms with Crippen LogP contribution >= 0.6 is 0 Å². The summed E-state index contributed by atoms with van der Waals surface area (Å²) in [4.78, 5) is 2.65. The molecule has 5 aliphatic carbocycles. The highest BCUT2D eigenvalue weighted by molar-refractivity contribution is 6.20. The third-order valence-corrected chi connectivity index (χ3v) is 15.9. The molecule has 4 fully saturated rings. The van der Waals surface area contributed by atoms with Crippen molar-refractivity contribution in [3.8, 4) is 22.5 Å². The molecule has 0 unspecified atom stereocenters. The third kappa shape index (κ3) is 4.61. The summed E-state index contributed by atoms with van der Waals surface area (Å²) in [6, 6.07) is 68.8. The highest BCUT2D eigenvalue weighted by Gasteiger charge is 2.61. The second kappa shape index (κ2) is 12.8. The van der Waals surface area contributed by atoms with Crippen molar-refractivity contribution in [2.75, 3.05) is 4.90 Å². The largest absolute Gasteiger partial charge is 0.309 e. The Labute approximate surface area is 362 Å². The van der Waals surface area contributed by atoms with E-state index in [1.54, 1.807) is 11.1 Å². The molecule has 4 saturated carbocycles. The van der Waals surface area contributed by atoms with Crippen LogP contribution < -0.4 is 4.90 Å². The smallest absolute Gasteiger partial charge is 0.0562 e. The Morgan fingerprint density at radius 3 is 1.52 bits per heavy atom. The fraction of sp³-hybridized carbons (Fsp3) is 0.186. The number of rotatable bonds is 5. The quantitative estimate of drug-likeness (QED) is 0.169. The van der Waals surface area contributed by atoms with Crippen LogP contribution in [0.1, 0.15) is 48.8 Å². The van der Waals surface area contributed by atoms with E-state index in [2.05, 4.69) is 203 Å². The molecule has 2 heterocycles. The molecule has 0 aliphatic heterocycles. The van der Waals surface area contributed by atoms with Gasteiger partial charge in [0.1, 0.15) is 0 Å². The Hall–Kier alpha value is -6.84. The van der Waals surface area contributed by atoms with E-state index in [1.807, 2.05) is 0 Å². The predicted octanol–water partition coefficient (Wildman–Crippen LogP) is 15.4. The summed E-state index contributed by atoms with van der Waals surface area (Å²) < 4.78 is 4.92. The molecule has 8 aromatic carbocycles. The van der Waals surface area contributed by atoms with Crippen molar-refractivity contribution in [2.45, 2.75) is 44.4 Å². The van der Waals surface area contributed by atoms with Crippen LogP contribution in [0.2, 0.25) is 0 Å². The summed E-state index contributed by atoms with van der Waals surface area (Å²) in [6.45, 7) is 2.27. The minimum Gasteiger partial charge on any atom is -0.309 e. The Balaban J connectivity index is 1.10. The lowest BCUT2D eigenvalue weighted by Crippen LogP contribution is -2.55. The summed E-state index contributed by atoms with van der Waals surface area (Å²) >= 11 is 0. The Bertz CT molecular complexity index is 3260. The molecule has 5 aliphatic rings. The molecular formula is C59H47N3.